The van der Waals surface area contributed by atoms with Gasteiger partial charge in [-0.25, -0.2) is 9.97 Å². The Kier molecular flexibility index (Phi) is 7.29. The van der Waals surface area contributed by atoms with Gasteiger partial charge in [0.05, 0.1) is 11.0 Å². The molecule has 0 saturated heterocycles. The standard InChI is InChI=1S/C46H34N2S/c1-3-42-41(24-29(2)32-18-12-19-33(25-32)30-14-6-4-7-15-30)44(31-16-8-5-9-17-31)48-46(47-42)35-21-13-20-34(26-35)37-27-39-36-22-10-11-23-43(36)49-45(39)40-28-38(37)40/h3-6,8-14,16-28,38H,2,7,15H2,1H3/b41-24+,42-3+/t38-/m1/s1. The van der Waals surface area contributed by atoms with Crippen molar-refractivity contribution >= 4 is 61.9 Å². The van der Waals surface area contributed by atoms with Gasteiger partial charge < -0.3 is 0 Å². The highest BCUT2D eigenvalue weighted by atomic mass is 32.1. The van der Waals surface area contributed by atoms with Crippen LogP contribution in [0.2, 0.25) is 0 Å². The van der Waals surface area contributed by atoms with E-state index in [0.29, 0.717) is 5.92 Å². The number of hydrogen-bond donors (Lipinski definition) is 0. The number of nitrogens with zero attached hydrogens (tertiary/aromatic N) is 2. The number of fused-ring (bicyclic) bond motifs is 5. The van der Waals surface area contributed by atoms with Gasteiger partial charge in [0.2, 0.25) is 0 Å². The lowest BCUT2D eigenvalue weighted by Gasteiger charge is -2.15. The summed E-state index contributed by atoms with van der Waals surface area (Å²) < 4.78 is 1.35. The van der Waals surface area contributed by atoms with E-state index in [4.69, 9.17) is 9.97 Å². The van der Waals surface area contributed by atoms with Crippen LogP contribution < -0.4 is 10.6 Å². The van der Waals surface area contributed by atoms with Crippen molar-refractivity contribution in [2.45, 2.75) is 19.8 Å². The summed E-state index contributed by atoms with van der Waals surface area (Å²) in [7, 11) is 0. The van der Waals surface area contributed by atoms with Crippen LogP contribution in [0.5, 0.6) is 0 Å². The molecule has 3 aliphatic rings. The molecule has 0 radical (unpaired) electrons. The Bertz CT molecular complexity index is 2580. The highest BCUT2D eigenvalue weighted by Gasteiger charge is 2.37. The van der Waals surface area contributed by atoms with Gasteiger partial charge in [-0.15, -0.1) is 11.3 Å². The third-order valence-electron chi connectivity index (χ3n) is 9.79. The molecule has 6 aromatic rings. The maximum absolute atomic E-state index is 5.29. The predicted molar refractivity (Wildman–Crippen MR) is 210 cm³/mol. The lowest BCUT2D eigenvalue weighted by Crippen LogP contribution is -2.32. The van der Waals surface area contributed by atoms with Crippen LogP contribution in [0.25, 0.3) is 73.3 Å². The number of aromatic nitrogens is 2. The third-order valence-corrected chi connectivity index (χ3v) is 11.0. The number of benzene rings is 4. The minimum absolute atomic E-state index is 0.378. The fourth-order valence-electron chi connectivity index (χ4n) is 7.19. The van der Waals surface area contributed by atoms with E-state index in [1.165, 1.54) is 48.4 Å². The zero-order chi connectivity index (χ0) is 32.9. The largest absolute Gasteiger partial charge is 0.228 e. The molecule has 0 saturated carbocycles. The van der Waals surface area contributed by atoms with E-state index >= 15 is 0 Å². The second-order valence-electron chi connectivity index (χ2n) is 12.9. The van der Waals surface area contributed by atoms with Crippen molar-refractivity contribution in [2.24, 2.45) is 5.92 Å². The van der Waals surface area contributed by atoms with Crippen LogP contribution in [0, 0.1) is 5.92 Å². The SMILES string of the molecule is C=C(/C=c1/c(-c2ccccc2)nc(-c2cccc(C3=Cc4c(sc5ccccc45)C4=C[C@H]34)c2)n/c1=C/C)c1cccc(C2=CC=CCC2)c1. The van der Waals surface area contributed by atoms with Gasteiger partial charge in [0.25, 0.3) is 0 Å². The van der Waals surface area contributed by atoms with Crippen molar-refractivity contribution in [3.05, 3.63) is 172 Å². The fraction of sp³-hybridized carbons (Fsp3) is 0.0870. The fourth-order valence-corrected chi connectivity index (χ4v) is 8.43. The maximum atomic E-state index is 5.29. The van der Waals surface area contributed by atoms with Crippen molar-refractivity contribution < 1.29 is 0 Å². The van der Waals surface area contributed by atoms with E-state index in [2.05, 4.69) is 153 Å². The van der Waals surface area contributed by atoms with E-state index in [0.717, 1.165) is 57.2 Å². The molecule has 234 valence electrons. The summed E-state index contributed by atoms with van der Waals surface area (Å²) in [6, 6.07) is 36.7. The van der Waals surface area contributed by atoms with Gasteiger partial charge in [-0.1, -0.05) is 122 Å². The summed E-state index contributed by atoms with van der Waals surface area (Å²) in [5.74, 6) is 1.10. The first-order chi connectivity index (χ1) is 24.1. The first kappa shape index (κ1) is 29.5. The molecule has 0 fully saturated rings. The molecule has 0 unspecified atom stereocenters. The Balaban J connectivity index is 1.14. The molecule has 3 heteroatoms. The Labute approximate surface area is 290 Å². The highest BCUT2D eigenvalue weighted by molar-refractivity contribution is 7.20. The van der Waals surface area contributed by atoms with Crippen LogP contribution in [0.4, 0.5) is 0 Å². The summed E-state index contributed by atoms with van der Waals surface area (Å²) in [5, 5.41) is 3.20. The zero-order valence-corrected chi connectivity index (χ0v) is 28.2. The molecule has 2 heterocycles. The smallest absolute Gasteiger partial charge is 0.160 e. The van der Waals surface area contributed by atoms with E-state index < -0.39 is 0 Å². The molecule has 4 aromatic carbocycles. The molecule has 0 spiro atoms. The average molecular weight is 647 g/mol. The summed E-state index contributed by atoms with van der Waals surface area (Å²) in [6.07, 6.45) is 17.8. The Morgan fingerprint density at radius 2 is 1.61 bits per heavy atom. The third kappa shape index (κ3) is 5.37. The minimum atomic E-state index is 0.378. The van der Waals surface area contributed by atoms with Crippen molar-refractivity contribution in [1.29, 1.82) is 0 Å². The molecule has 2 aromatic heterocycles. The van der Waals surface area contributed by atoms with Crippen LogP contribution in [0.3, 0.4) is 0 Å². The van der Waals surface area contributed by atoms with E-state index in [1.54, 1.807) is 0 Å². The van der Waals surface area contributed by atoms with Gasteiger partial charge in [-0.3, -0.25) is 0 Å². The zero-order valence-electron chi connectivity index (χ0n) is 27.4. The van der Waals surface area contributed by atoms with Crippen molar-refractivity contribution in [2.75, 3.05) is 0 Å². The predicted octanol–water partition coefficient (Wildman–Crippen LogP) is 10.6. The summed E-state index contributed by atoms with van der Waals surface area (Å²) >= 11 is 1.91. The molecule has 49 heavy (non-hydrogen) atoms. The first-order valence-electron chi connectivity index (χ1n) is 17.0. The van der Waals surface area contributed by atoms with Gasteiger partial charge in [0.1, 0.15) is 0 Å². The quantitative estimate of drug-likeness (QED) is 0.180. The molecule has 0 amide bonds. The van der Waals surface area contributed by atoms with E-state index in [9.17, 15) is 0 Å². The van der Waals surface area contributed by atoms with Crippen molar-refractivity contribution in [3.8, 4) is 22.6 Å². The molecule has 3 aliphatic carbocycles. The lowest BCUT2D eigenvalue weighted by molar-refractivity contribution is 1.05. The molecular formula is C46H34N2S. The first-order valence-corrected chi connectivity index (χ1v) is 17.8. The van der Waals surface area contributed by atoms with Crippen LogP contribution in [0.15, 0.2) is 134 Å². The molecule has 0 bridgehead atoms. The number of thiophene rings is 1. The second-order valence-corrected chi connectivity index (χ2v) is 13.9. The van der Waals surface area contributed by atoms with Crippen LogP contribution in [-0.2, 0) is 0 Å². The normalized spacial score (nSPS) is 16.9. The molecule has 1 atom stereocenters. The van der Waals surface area contributed by atoms with Crippen LogP contribution >= 0.6 is 11.3 Å². The second kappa shape index (κ2) is 12.1. The molecular weight excluding hydrogens is 613 g/mol. The summed E-state index contributed by atoms with van der Waals surface area (Å²) in [6.45, 7) is 6.59. The lowest BCUT2D eigenvalue weighted by atomic mass is 9.90. The van der Waals surface area contributed by atoms with Crippen molar-refractivity contribution in [1.82, 2.24) is 9.97 Å². The molecule has 9 rings (SSSR count). The van der Waals surface area contributed by atoms with Gasteiger partial charge in [0, 0.05) is 42.8 Å². The van der Waals surface area contributed by atoms with Gasteiger partial charge in [-0.05, 0) is 89.1 Å². The molecule has 0 aliphatic heterocycles. The number of hydrogen-bond acceptors (Lipinski definition) is 3. The van der Waals surface area contributed by atoms with Gasteiger partial charge in [-0.2, -0.15) is 0 Å². The average Bonchev–Trinajstić information content (AvgIpc) is 3.89. The minimum Gasteiger partial charge on any atom is -0.228 e. The number of allylic oxidation sites excluding steroid dienone is 8. The van der Waals surface area contributed by atoms with Crippen LogP contribution in [0.1, 0.15) is 46.9 Å². The summed E-state index contributed by atoms with van der Waals surface area (Å²) in [5.41, 5.74) is 13.0. The monoisotopic (exact) mass is 646 g/mol. The van der Waals surface area contributed by atoms with E-state index in [-0.39, 0.29) is 0 Å². The Morgan fingerprint density at radius 1 is 0.816 bits per heavy atom. The van der Waals surface area contributed by atoms with Gasteiger partial charge in [0.15, 0.2) is 5.82 Å². The highest BCUT2D eigenvalue weighted by Crippen LogP contribution is 2.56. The molecule has 2 nitrogen and oxygen atoms in total. The molecule has 0 N–H and O–H groups in total. The van der Waals surface area contributed by atoms with Crippen molar-refractivity contribution in [3.63, 3.8) is 0 Å². The number of rotatable bonds is 6. The Morgan fingerprint density at radius 3 is 2.47 bits per heavy atom. The Hall–Kier alpha value is -5.64. The van der Waals surface area contributed by atoms with E-state index in [1.807, 2.05) is 17.4 Å². The summed E-state index contributed by atoms with van der Waals surface area (Å²) in [4.78, 5) is 11.9. The topological polar surface area (TPSA) is 25.8 Å². The van der Waals surface area contributed by atoms with Crippen LogP contribution in [-0.4, -0.2) is 9.97 Å². The van der Waals surface area contributed by atoms with Gasteiger partial charge >= 0.3 is 0 Å². The maximum Gasteiger partial charge on any atom is 0.160 e.